The second-order valence-corrected chi connectivity index (χ2v) is 3.83. The van der Waals surface area contributed by atoms with E-state index in [1.807, 2.05) is 0 Å². The maximum atomic E-state index is 10.7. The average Bonchev–Trinajstić information content (AvgIpc) is 2.84. The lowest BCUT2D eigenvalue weighted by Crippen LogP contribution is -2.08. The number of nitro groups is 1. The van der Waals surface area contributed by atoms with Crippen LogP contribution in [0.3, 0.4) is 0 Å². The molecule has 74 valence electrons. The molecular weight excluding hydrogens is 206 g/mol. The number of nitrogens with zero attached hydrogens (tertiary/aromatic N) is 1. The normalized spacial score (nSPS) is 17.9. The van der Waals surface area contributed by atoms with E-state index < -0.39 is 10.5 Å². The predicted molar refractivity (Wildman–Crippen MR) is 51.2 cm³/mol. The van der Waals surface area contributed by atoms with Gasteiger partial charge in [0.2, 0.25) is 0 Å². The minimum Gasteiger partial charge on any atom is -0.385 e. The van der Waals surface area contributed by atoms with Crippen molar-refractivity contribution >= 4 is 17.3 Å². The van der Waals surface area contributed by atoms with Crippen molar-refractivity contribution in [3.05, 3.63) is 38.9 Å². The van der Waals surface area contributed by atoms with Gasteiger partial charge in [-0.25, -0.2) is 0 Å². The Kier molecular flexibility index (Phi) is 1.97. The molecule has 0 amide bonds. The molecule has 1 aromatic carbocycles. The third-order valence-corrected chi connectivity index (χ3v) is 2.70. The minimum absolute atomic E-state index is 0.0767. The maximum absolute atomic E-state index is 10.7. The van der Waals surface area contributed by atoms with Crippen molar-refractivity contribution in [2.24, 2.45) is 0 Å². The van der Waals surface area contributed by atoms with Gasteiger partial charge in [-0.15, -0.1) is 0 Å². The van der Waals surface area contributed by atoms with Crippen LogP contribution in [-0.2, 0) is 5.60 Å². The lowest BCUT2D eigenvalue weighted by molar-refractivity contribution is -0.386. The quantitative estimate of drug-likeness (QED) is 0.605. The molecule has 0 heterocycles. The standard InChI is InChI=1S/C9H8ClNO3/c10-7-3-1-2-6(8(7)11(13)14)9(12)4-5-9/h1-3,12H,4-5H2. The summed E-state index contributed by atoms with van der Waals surface area (Å²) in [4.78, 5) is 10.2. The van der Waals surface area contributed by atoms with Gasteiger partial charge in [-0.1, -0.05) is 17.7 Å². The maximum Gasteiger partial charge on any atom is 0.293 e. The third kappa shape index (κ3) is 1.36. The van der Waals surface area contributed by atoms with Crippen molar-refractivity contribution < 1.29 is 10.0 Å². The van der Waals surface area contributed by atoms with Crippen molar-refractivity contribution in [3.8, 4) is 0 Å². The molecule has 0 unspecified atom stereocenters. The second-order valence-electron chi connectivity index (χ2n) is 3.42. The van der Waals surface area contributed by atoms with Crippen LogP contribution in [0.5, 0.6) is 0 Å². The van der Waals surface area contributed by atoms with Gasteiger partial charge in [0.1, 0.15) is 5.02 Å². The molecule has 1 aliphatic rings. The van der Waals surface area contributed by atoms with E-state index in [1.165, 1.54) is 6.07 Å². The summed E-state index contributed by atoms with van der Waals surface area (Å²) in [7, 11) is 0. The summed E-state index contributed by atoms with van der Waals surface area (Å²) >= 11 is 5.71. The molecule has 0 spiro atoms. The first-order valence-electron chi connectivity index (χ1n) is 4.20. The zero-order chi connectivity index (χ0) is 10.3. The Bertz CT molecular complexity index is 401. The highest BCUT2D eigenvalue weighted by atomic mass is 35.5. The third-order valence-electron chi connectivity index (χ3n) is 2.39. The van der Waals surface area contributed by atoms with Crippen LogP contribution >= 0.6 is 11.6 Å². The molecule has 2 rings (SSSR count). The molecule has 0 atom stereocenters. The highest BCUT2D eigenvalue weighted by Gasteiger charge is 2.46. The Balaban J connectivity index is 2.59. The van der Waals surface area contributed by atoms with Gasteiger partial charge < -0.3 is 5.11 Å². The van der Waals surface area contributed by atoms with Gasteiger partial charge in [0.25, 0.3) is 5.69 Å². The Morgan fingerprint density at radius 1 is 1.50 bits per heavy atom. The number of hydrogen-bond acceptors (Lipinski definition) is 3. The number of nitro benzene ring substituents is 1. The van der Waals surface area contributed by atoms with E-state index in [1.54, 1.807) is 12.1 Å². The van der Waals surface area contributed by atoms with Crippen molar-refractivity contribution in [1.29, 1.82) is 0 Å². The molecular formula is C9H8ClNO3. The molecule has 1 aliphatic carbocycles. The summed E-state index contributed by atoms with van der Waals surface area (Å²) in [5, 5.41) is 20.6. The van der Waals surface area contributed by atoms with E-state index in [0.717, 1.165) is 0 Å². The number of hydrogen-bond donors (Lipinski definition) is 1. The van der Waals surface area contributed by atoms with Crippen LogP contribution in [0.4, 0.5) is 5.69 Å². The van der Waals surface area contributed by atoms with E-state index in [9.17, 15) is 15.2 Å². The molecule has 4 nitrogen and oxygen atoms in total. The van der Waals surface area contributed by atoms with Crippen molar-refractivity contribution in [3.63, 3.8) is 0 Å². The first kappa shape index (κ1) is 9.43. The second kappa shape index (κ2) is 2.93. The highest BCUT2D eigenvalue weighted by molar-refractivity contribution is 6.32. The van der Waals surface area contributed by atoms with Gasteiger partial charge in [0, 0.05) is 0 Å². The first-order chi connectivity index (χ1) is 6.54. The van der Waals surface area contributed by atoms with Crippen molar-refractivity contribution in [2.75, 3.05) is 0 Å². The number of rotatable bonds is 2. The molecule has 0 bridgehead atoms. The molecule has 14 heavy (non-hydrogen) atoms. The zero-order valence-corrected chi connectivity index (χ0v) is 7.99. The summed E-state index contributed by atoms with van der Waals surface area (Å²) < 4.78 is 0. The van der Waals surface area contributed by atoms with Crippen molar-refractivity contribution in [1.82, 2.24) is 0 Å². The number of para-hydroxylation sites is 1. The lowest BCUT2D eigenvalue weighted by Gasteiger charge is -2.08. The van der Waals surface area contributed by atoms with E-state index in [2.05, 4.69) is 0 Å². The fourth-order valence-corrected chi connectivity index (χ4v) is 1.71. The molecule has 5 heteroatoms. The molecule has 1 N–H and O–H groups in total. The summed E-state index contributed by atoms with van der Waals surface area (Å²) in [6.07, 6.45) is 1.13. The Hall–Kier alpha value is -1.13. The zero-order valence-electron chi connectivity index (χ0n) is 7.24. The summed E-state index contributed by atoms with van der Waals surface area (Å²) in [6, 6.07) is 4.62. The largest absolute Gasteiger partial charge is 0.385 e. The van der Waals surface area contributed by atoms with Gasteiger partial charge in [-0.05, 0) is 25.0 Å². The Labute approximate surface area is 85.3 Å². The first-order valence-corrected chi connectivity index (χ1v) is 4.58. The van der Waals surface area contributed by atoms with Gasteiger partial charge in [0.05, 0.1) is 16.1 Å². The Morgan fingerprint density at radius 2 is 2.14 bits per heavy atom. The molecule has 0 aliphatic heterocycles. The van der Waals surface area contributed by atoms with E-state index in [0.29, 0.717) is 18.4 Å². The molecule has 1 aromatic rings. The molecule has 0 aromatic heterocycles. The predicted octanol–water partition coefficient (Wildman–Crippen LogP) is 2.23. The fraction of sp³-hybridized carbons (Fsp3) is 0.333. The van der Waals surface area contributed by atoms with Crippen LogP contribution in [0.25, 0.3) is 0 Å². The van der Waals surface area contributed by atoms with Crippen LogP contribution in [0.2, 0.25) is 5.02 Å². The van der Waals surface area contributed by atoms with Gasteiger partial charge in [-0.2, -0.15) is 0 Å². The van der Waals surface area contributed by atoms with E-state index in [-0.39, 0.29) is 10.7 Å². The molecule has 1 fully saturated rings. The van der Waals surface area contributed by atoms with E-state index >= 15 is 0 Å². The van der Waals surface area contributed by atoms with Gasteiger partial charge in [-0.3, -0.25) is 10.1 Å². The average molecular weight is 214 g/mol. The number of aliphatic hydroxyl groups is 1. The monoisotopic (exact) mass is 213 g/mol. The van der Waals surface area contributed by atoms with Crippen LogP contribution in [-0.4, -0.2) is 10.0 Å². The van der Waals surface area contributed by atoms with Crippen LogP contribution in [0.1, 0.15) is 18.4 Å². The van der Waals surface area contributed by atoms with Crippen molar-refractivity contribution in [2.45, 2.75) is 18.4 Å². The number of halogens is 1. The van der Waals surface area contributed by atoms with Crippen LogP contribution in [0.15, 0.2) is 18.2 Å². The highest BCUT2D eigenvalue weighted by Crippen LogP contribution is 2.49. The molecule has 0 saturated heterocycles. The van der Waals surface area contributed by atoms with Gasteiger partial charge >= 0.3 is 0 Å². The lowest BCUT2D eigenvalue weighted by atomic mass is 10.1. The Morgan fingerprint density at radius 3 is 2.64 bits per heavy atom. The fourth-order valence-electron chi connectivity index (χ4n) is 1.46. The summed E-state index contributed by atoms with van der Waals surface area (Å²) in [6.45, 7) is 0. The number of benzene rings is 1. The van der Waals surface area contributed by atoms with Crippen LogP contribution in [0, 0.1) is 10.1 Å². The minimum atomic E-state index is -1.02. The molecule has 1 saturated carbocycles. The van der Waals surface area contributed by atoms with E-state index in [4.69, 9.17) is 11.6 Å². The van der Waals surface area contributed by atoms with Crippen LogP contribution < -0.4 is 0 Å². The smallest absolute Gasteiger partial charge is 0.293 e. The van der Waals surface area contributed by atoms with Gasteiger partial charge in [0.15, 0.2) is 0 Å². The topological polar surface area (TPSA) is 63.4 Å². The molecule has 0 radical (unpaired) electrons. The SMILES string of the molecule is O=[N+]([O-])c1c(Cl)cccc1C1(O)CC1. The summed E-state index contributed by atoms with van der Waals surface area (Å²) in [5.41, 5.74) is -0.864. The summed E-state index contributed by atoms with van der Waals surface area (Å²) in [5.74, 6) is 0.